The van der Waals surface area contributed by atoms with E-state index in [1.807, 2.05) is 0 Å². The van der Waals surface area contributed by atoms with E-state index in [0.29, 0.717) is 13.0 Å². The molecule has 1 N–H and O–H groups in total. The Morgan fingerprint density at radius 3 is 2.36 bits per heavy atom. The Bertz CT molecular complexity index is 282. The normalized spacial score (nSPS) is 12.9. The van der Waals surface area contributed by atoms with E-state index in [0.717, 1.165) is 18.2 Å². The molecule has 0 spiro atoms. The van der Waals surface area contributed by atoms with Crippen molar-refractivity contribution in [2.24, 2.45) is 0 Å². The van der Waals surface area contributed by atoms with Crippen LogP contribution >= 0.6 is 0 Å². The molecule has 0 saturated carbocycles. The van der Waals surface area contributed by atoms with Crippen molar-refractivity contribution in [2.75, 3.05) is 13.7 Å². The maximum absolute atomic E-state index is 12.7. The summed E-state index contributed by atoms with van der Waals surface area (Å²) < 4.78 is 30.2. The van der Waals surface area contributed by atoms with E-state index >= 15 is 0 Å². The molecule has 1 rings (SSSR count). The highest BCUT2D eigenvalue weighted by Crippen LogP contribution is 2.18. The van der Waals surface area contributed by atoms with Crippen LogP contribution in [0.3, 0.4) is 0 Å². The van der Waals surface area contributed by atoms with Crippen LogP contribution in [0.4, 0.5) is 8.78 Å². The summed E-state index contributed by atoms with van der Waals surface area (Å²) in [4.78, 5) is 0. The molecule has 1 aromatic rings. The average molecular weight is 202 g/mol. The zero-order chi connectivity index (χ0) is 10.6. The fourth-order valence-electron chi connectivity index (χ4n) is 1.16. The second-order valence-corrected chi connectivity index (χ2v) is 3.00. The predicted octanol–water partition coefficient (Wildman–Crippen LogP) is 2.03. The average Bonchev–Trinajstić information content (AvgIpc) is 2.12. The number of benzene rings is 1. The van der Waals surface area contributed by atoms with Gasteiger partial charge < -0.3 is 9.84 Å². The fourth-order valence-corrected chi connectivity index (χ4v) is 1.16. The van der Waals surface area contributed by atoms with Crippen molar-refractivity contribution in [1.82, 2.24) is 0 Å². The van der Waals surface area contributed by atoms with Gasteiger partial charge in [-0.3, -0.25) is 0 Å². The van der Waals surface area contributed by atoms with Crippen molar-refractivity contribution in [3.05, 3.63) is 35.4 Å². The molecule has 0 bridgehead atoms. The highest BCUT2D eigenvalue weighted by Gasteiger charge is 2.09. The maximum atomic E-state index is 12.7. The number of aliphatic hydroxyl groups excluding tert-OH is 1. The lowest BCUT2D eigenvalue weighted by Gasteiger charge is -2.10. The van der Waals surface area contributed by atoms with Crippen molar-refractivity contribution in [1.29, 1.82) is 0 Å². The summed E-state index contributed by atoms with van der Waals surface area (Å²) in [5.41, 5.74) is 0.236. The van der Waals surface area contributed by atoms with Crippen molar-refractivity contribution in [3.8, 4) is 0 Å². The van der Waals surface area contributed by atoms with Crippen molar-refractivity contribution in [2.45, 2.75) is 12.5 Å². The van der Waals surface area contributed by atoms with Crippen LogP contribution in [0.1, 0.15) is 18.1 Å². The van der Waals surface area contributed by atoms with Gasteiger partial charge in [0.15, 0.2) is 0 Å². The van der Waals surface area contributed by atoms with Gasteiger partial charge in [0.1, 0.15) is 11.6 Å². The topological polar surface area (TPSA) is 29.5 Å². The molecule has 0 radical (unpaired) electrons. The van der Waals surface area contributed by atoms with Crippen molar-refractivity contribution >= 4 is 0 Å². The Balaban J connectivity index is 2.73. The van der Waals surface area contributed by atoms with Crippen LogP contribution in [-0.4, -0.2) is 18.8 Å². The summed E-state index contributed by atoms with van der Waals surface area (Å²) in [5.74, 6) is -1.37. The standard InChI is InChI=1S/C10H12F2O2/c1-14-3-2-10(13)7-4-8(11)6-9(12)5-7/h4-6,10,13H,2-3H2,1H3. The predicted molar refractivity (Wildman–Crippen MR) is 47.8 cm³/mol. The van der Waals surface area contributed by atoms with E-state index in [-0.39, 0.29) is 5.56 Å². The van der Waals surface area contributed by atoms with E-state index in [4.69, 9.17) is 4.74 Å². The summed E-state index contributed by atoms with van der Waals surface area (Å²) >= 11 is 0. The van der Waals surface area contributed by atoms with Gasteiger partial charge in [-0.25, -0.2) is 8.78 Å². The molecule has 0 aliphatic carbocycles. The SMILES string of the molecule is COCCC(O)c1cc(F)cc(F)c1. The van der Waals surface area contributed by atoms with E-state index in [2.05, 4.69) is 0 Å². The van der Waals surface area contributed by atoms with Crippen molar-refractivity contribution in [3.63, 3.8) is 0 Å². The molecule has 0 saturated heterocycles. The third kappa shape index (κ3) is 3.05. The minimum Gasteiger partial charge on any atom is -0.388 e. The van der Waals surface area contributed by atoms with E-state index < -0.39 is 17.7 Å². The molecular weight excluding hydrogens is 190 g/mol. The van der Waals surface area contributed by atoms with Crippen LogP contribution in [-0.2, 0) is 4.74 Å². The summed E-state index contributed by atoms with van der Waals surface area (Å²) in [5, 5.41) is 9.49. The number of rotatable bonds is 4. The van der Waals surface area contributed by atoms with Crippen LogP contribution in [0.5, 0.6) is 0 Å². The van der Waals surface area contributed by atoms with Gasteiger partial charge in [0.25, 0.3) is 0 Å². The molecule has 0 aromatic heterocycles. The molecule has 0 aliphatic rings. The Kier molecular flexibility index (Phi) is 3.98. The summed E-state index contributed by atoms with van der Waals surface area (Å²) in [7, 11) is 1.50. The molecule has 78 valence electrons. The van der Waals surface area contributed by atoms with Gasteiger partial charge in [-0.15, -0.1) is 0 Å². The van der Waals surface area contributed by atoms with Crippen LogP contribution in [0.25, 0.3) is 0 Å². The smallest absolute Gasteiger partial charge is 0.126 e. The first-order valence-corrected chi connectivity index (χ1v) is 4.26. The lowest BCUT2D eigenvalue weighted by molar-refractivity contribution is 0.110. The highest BCUT2D eigenvalue weighted by atomic mass is 19.1. The Hall–Kier alpha value is -1.00. The zero-order valence-electron chi connectivity index (χ0n) is 7.84. The minimum atomic E-state index is -0.889. The van der Waals surface area contributed by atoms with Crippen molar-refractivity contribution < 1.29 is 18.6 Å². The summed E-state index contributed by atoms with van der Waals surface area (Å²) in [6.07, 6.45) is -0.570. The molecule has 4 heteroatoms. The number of halogens is 2. The molecule has 0 heterocycles. The summed E-state index contributed by atoms with van der Waals surface area (Å²) in [6, 6.07) is 3.00. The first-order chi connectivity index (χ1) is 6.63. The largest absolute Gasteiger partial charge is 0.388 e. The molecule has 2 nitrogen and oxygen atoms in total. The monoisotopic (exact) mass is 202 g/mol. The number of hydrogen-bond donors (Lipinski definition) is 1. The van der Waals surface area contributed by atoms with Crippen LogP contribution in [0.15, 0.2) is 18.2 Å². The Labute approximate surface area is 81.1 Å². The molecule has 1 atom stereocenters. The lowest BCUT2D eigenvalue weighted by atomic mass is 10.1. The molecular formula is C10H12F2O2. The van der Waals surface area contributed by atoms with Gasteiger partial charge >= 0.3 is 0 Å². The fraction of sp³-hybridized carbons (Fsp3) is 0.400. The molecule has 0 amide bonds. The lowest BCUT2D eigenvalue weighted by Crippen LogP contribution is -2.02. The van der Waals surface area contributed by atoms with Gasteiger partial charge in [-0.05, 0) is 17.7 Å². The van der Waals surface area contributed by atoms with Gasteiger partial charge in [-0.1, -0.05) is 0 Å². The second-order valence-electron chi connectivity index (χ2n) is 3.00. The number of aliphatic hydroxyl groups is 1. The van der Waals surface area contributed by atoms with Gasteiger partial charge in [0.05, 0.1) is 6.10 Å². The Morgan fingerprint density at radius 1 is 1.29 bits per heavy atom. The minimum absolute atomic E-state index is 0.236. The van der Waals surface area contributed by atoms with Crippen LogP contribution in [0, 0.1) is 11.6 Å². The van der Waals surface area contributed by atoms with E-state index in [1.165, 1.54) is 7.11 Å². The van der Waals surface area contributed by atoms with Gasteiger partial charge in [-0.2, -0.15) is 0 Å². The van der Waals surface area contributed by atoms with E-state index in [9.17, 15) is 13.9 Å². The quantitative estimate of drug-likeness (QED) is 0.809. The molecule has 0 fully saturated rings. The molecule has 1 aromatic carbocycles. The van der Waals surface area contributed by atoms with Crippen LogP contribution in [0.2, 0.25) is 0 Å². The third-order valence-corrected chi connectivity index (χ3v) is 1.87. The molecule has 0 aliphatic heterocycles. The summed E-state index contributed by atoms with van der Waals surface area (Å²) in [6.45, 7) is 0.347. The Morgan fingerprint density at radius 2 is 1.86 bits per heavy atom. The third-order valence-electron chi connectivity index (χ3n) is 1.87. The molecule has 1 unspecified atom stereocenters. The van der Waals surface area contributed by atoms with Gasteiger partial charge in [0, 0.05) is 26.2 Å². The maximum Gasteiger partial charge on any atom is 0.126 e. The first-order valence-electron chi connectivity index (χ1n) is 4.26. The highest BCUT2D eigenvalue weighted by molar-refractivity contribution is 5.20. The molecule has 14 heavy (non-hydrogen) atoms. The number of methoxy groups -OCH3 is 1. The number of hydrogen-bond acceptors (Lipinski definition) is 2. The first kappa shape index (κ1) is 11.1. The number of ether oxygens (including phenoxy) is 1. The zero-order valence-corrected chi connectivity index (χ0v) is 7.84. The second kappa shape index (κ2) is 5.02. The van der Waals surface area contributed by atoms with E-state index in [1.54, 1.807) is 0 Å². The van der Waals surface area contributed by atoms with Gasteiger partial charge in [0.2, 0.25) is 0 Å². The van der Waals surface area contributed by atoms with Crippen LogP contribution < -0.4 is 0 Å².